The highest BCUT2D eigenvalue weighted by molar-refractivity contribution is 14.1. The molecule has 0 unspecified atom stereocenters. The molecule has 2 rings (SSSR count). The summed E-state index contributed by atoms with van der Waals surface area (Å²) in [6.45, 7) is 1.56. The van der Waals surface area contributed by atoms with Gasteiger partial charge in [-0.15, -0.1) is 12.4 Å². The van der Waals surface area contributed by atoms with Gasteiger partial charge in [-0.1, -0.05) is 0 Å². The van der Waals surface area contributed by atoms with Crippen LogP contribution in [0.15, 0.2) is 12.1 Å². The Labute approximate surface area is 130 Å². The Bertz CT molecular complexity index is 481. The first kappa shape index (κ1) is 16.6. The van der Waals surface area contributed by atoms with Gasteiger partial charge in [0.25, 0.3) is 5.91 Å². The lowest BCUT2D eigenvalue weighted by molar-refractivity contribution is 0.0739. The maximum Gasteiger partial charge on any atom is 0.256 e. The summed E-state index contributed by atoms with van der Waals surface area (Å²) in [7, 11) is 1.65. The van der Waals surface area contributed by atoms with Crippen molar-refractivity contribution in [1.82, 2.24) is 10.2 Å². The zero-order chi connectivity index (χ0) is 13.3. The minimum absolute atomic E-state index is 0. The topological polar surface area (TPSA) is 32.3 Å². The van der Waals surface area contributed by atoms with Crippen molar-refractivity contribution in [3.63, 3.8) is 0 Å². The molecule has 1 amide bonds. The lowest BCUT2D eigenvalue weighted by Gasteiger charge is -2.24. The number of halogens is 4. The van der Waals surface area contributed by atoms with Crippen LogP contribution in [-0.4, -0.2) is 37.0 Å². The van der Waals surface area contributed by atoms with Crippen LogP contribution in [-0.2, 0) is 0 Å². The zero-order valence-electron chi connectivity index (χ0n) is 10.3. The highest BCUT2D eigenvalue weighted by Crippen LogP contribution is 2.19. The van der Waals surface area contributed by atoms with E-state index in [2.05, 4.69) is 5.32 Å². The molecular weight excluding hydrogens is 388 g/mol. The maximum atomic E-state index is 13.6. The molecule has 3 nitrogen and oxygen atoms in total. The third-order valence-electron chi connectivity index (χ3n) is 3.14. The van der Waals surface area contributed by atoms with E-state index in [4.69, 9.17) is 0 Å². The van der Waals surface area contributed by atoms with Crippen LogP contribution < -0.4 is 5.32 Å². The molecule has 0 radical (unpaired) electrons. The largest absolute Gasteiger partial charge is 0.337 e. The molecule has 106 valence electrons. The van der Waals surface area contributed by atoms with E-state index < -0.39 is 17.5 Å². The lowest BCUT2D eigenvalue weighted by atomic mass is 10.1. The summed E-state index contributed by atoms with van der Waals surface area (Å²) in [5.41, 5.74) is -0.0739. The predicted molar refractivity (Wildman–Crippen MR) is 79.7 cm³/mol. The quantitative estimate of drug-likeness (QED) is 0.609. The Morgan fingerprint density at radius 3 is 2.68 bits per heavy atom. The lowest BCUT2D eigenvalue weighted by Crippen LogP contribution is -2.38. The fourth-order valence-corrected chi connectivity index (χ4v) is 2.48. The smallest absolute Gasteiger partial charge is 0.256 e. The van der Waals surface area contributed by atoms with Crippen LogP contribution in [0.25, 0.3) is 0 Å². The molecule has 1 aromatic rings. The first-order valence-corrected chi connectivity index (χ1v) is 6.71. The van der Waals surface area contributed by atoms with Crippen molar-refractivity contribution in [2.75, 3.05) is 20.1 Å². The molecule has 1 N–H and O–H groups in total. The monoisotopic (exact) mass is 402 g/mol. The minimum Gasteiger partial charge on any atom is -0.337 e. The second-order valence-corrected chi connectivity index (χ2v) is 5.47. The Balaban J connectivity index is 0.00000180. The number of rotatable bonds is 2. The average Bonchev–Trinajstić information content (AvgIpc) is 2.85. The number of hydrogen-bond acceptors (Lipinski definition) is 2. The summed E-state index contributed by atoms with van der Waals surface area (Å²) in [6, 6.07) is 2.09. The van der Waals surface area contributed by atoms with E-state index in [0.29, 0.717) is 6.54 Å². The molecule has 0 bridgehead atoms. The second-order valence-electron chi connectivity index (χ2n) is 4.31. The normalized spacial score (nSPS) is 18.0. The van der Waals surface area contributed by atoms with E-state index >= 15 is 0 Å². The number of nitrogens with one attached hydrogen (secondary N) is 1. The molecule has 1 heterocycles. The molecule has 1 aliphatic heterocycles. The van der Waals surface area contributed by atoms with Crippen molar-refractivity contribution in [2.24, 2.45) is 0 Å². The van der Waals surface area contributed by atoms with E-state index in [1.807, 2.05) is 0 Å². The Kier molecular flexibility index (Phi) is 5.94. The van der Waals surface area contributed by atoms with E-state index in [0.717, 1.165) is 19.0 Å². The summed E-state index contributed by atoms with van der Waals surface area (Å²) in [4.78, 5) is 13.7. The van der Waals surface area contributed by atoms with Crippen LogP contribution >= 0.6 is 35.0 Å². The van der Waals surface area contributed by atoms with E-state index in [9.17, 15) is 13.6 Å². The number of benzene rings is 1. The number of likely N-dealkylation sites (N-methyl/N-ethyl adjacent to an activating group) is 1. The van der Waals surface area contributed by atoms with Gasteiger partial charge in [-0.05, 0) is 41.6 Å². The van der Waals surface area contributed by atoms with Crippen molar-refractivity contribution < 1.29 is 13.6 Å². The molecule has 0 spiro atoms. The van der Waals surface area contributed by atoms with Crippen LogP contribution in [0.4, 0.5) is 8.78 Å². The van der Waals surface area contributed by atoms with Gasteiger partial charge in [0.15, 0.2) is 0 Å². The van der Waals surface area contributed by atoms with Crippen molar-refractivity contribution in [3.8, 4) is 0 Å². The Hall–Kier alpha value is -0.470. The molecule has 0 saturated carbocycles. The standard InChI is InChI=1S/C12H13F2IN2O.ClH/c1-17(7-2-3-16-6-7)12(18)8-4-11(15)10(14)5-9(8)13;/h4-5,7,16H,2-3,6H2,1H3;1H/t7-;/m1./s1. The van der Waals surface area contributed by atoms with Crippen LogP contribution in [0.3, 0.4) is 0 Å². The minimum atomic E-state index is -0.810. The SMILES string of the molecule is CN(C(=O)c1cc(I)c(F)cc1F)[C@@H]1CCNC1.Cl. The summed E-state index contributed by atoms with van der Waals surface area (Å²) in [5.74, 6) is -1.86. The Morgan fingerprint density at radius 1 is 1.42 bits per heavy atom. The second kappa shape index (κ2) is 6.81. The van der Waals surface area contributed by atoms with Gasteiger partial charge in [-0.2, -0.15) is 0 Å². The van der Waals surface area contributed by atoms with Gasteiger partial charge in [0.2, 0.25) is 0 Å². The van der Waals surface area contributed by atoms with E-state index in [1.54, 1.807) is 29.6 Å². The van der Waals surface area contributed by atoms with Gasteiger partial charge in [-0.25, -0.2) is 8.78 Å². The number of carbonyl (C=O) groups is 1. The van der Waals surface area contributed by atoms with Crippen LogP contribution in [0, 0.1) is 15.2 Å². The number of amides is 1. The molecule has 1 aliphatic rings. The first-order chi connectivity index (χ1) is 8.50. The molecule has 1 atom stereocenters. The predicted octanol–water partition coefficient (Wildman–Crippen LogP) is 2.43. The van der Waals surface area contributed by atoms with Crippen LogP contribution in [0.5, 0.6) is 0 Å². The summed E-state index contributed by atoms with van der Waals surface area (Å²) in [6.07, 6.45) is 0.849. The van der Waals surface area contributed by atoms with Gasteiger partial charge in [0, 0.05) is 29.3 Å². The first-order valence-electron chi connectivity index (χ1n) is 5.63. The fourth-order valence-electron chi connectivity index (χ4n) is 2.01. The maximum absolute atomic E-state index is 13.6. The molecule has 7 heteroatoms. The van der Waals surface area contributed by atoms with Gasteiger partial charge in [0.05, 0.1) is 5.56 Å². The summed E-state index contributed by atoms with van der Waals surface area (Å²) < 4.78 is 27.0. The van der Waals surface area contributed by atoms with Crippen molar-refractivity contribution in [3.05, 3.63) is 32.9 Å². The average molecular weight is 403 g/mol. The van der Waals surface area contributed by atoms with Gasteiger partial charge in [0.1, 0.15) is 11.6 Å². The van der Waals surface area contributed by atoms with E-state index in [-0.39, 0.29) is 27.6 Å². The van der Waals surface area contributed by atoms with Gasteiger partial charge >= 0.3 is 0 Å². The fraction of sp³-hybridized carbons (Fsp3) is 0.417. The van der Waals surface area contributed by atoms with Crippen LogP contribution in [0.2, 0.25) is 0 Å². The highest BCUT2D eigenvalue weighted by Gasteiger charge is 2.26. The van der Waals surface area contributed by atoms with E-state index in [1.165, 1.54) is 11.0 Å². The van der Waals surface area contributed by atoms with Crippen molar-refractivity contribution in [1.29, 1.82) is 0 Å². The molecule has 1 aromatic carbocycles. The molecule has 0 aliphatic carbocycles. The van der Waals surface area contributed by atoms with Gasteiger partial charge in [-0.3, -0.25) is 4.79 Å². The number of carbonyl (C=O) groups excluding carboxylic acids is 1. The van der Waals surface area contributed by atoms with Crippen molar-refractivity contribution >= 4 is 40.9 Å². The molecule has 19 heavy (non-hydrogen) atoms. The molecule has 1 saturated heterocycles. The summed E-state index contributed by atoms with van der Waals surface area (Å²) >= 11 is 1.75. The van der Waals surface area contributed by atoms with Crippen LogP contribution in [0.1, 0.15) is 16.8 Å². The summed E-state index contributed by atoms with van der Waals surface area (Å²) in [5, 5.41) is 3.15. The third kappa shape index (κ3) is 3.55. The third-order valence-corrected chi connectivity index (χ3v) is 3.97. The van der Waals surface area contributed by atoms with Crippen molar-refractivity contribution in [2.45, 2.75) is 12.5 Å². The molecule has 1 fully saturated rings. The highest BCUT2D eigenvalue weighted by atomic mass is 127. The molecule has 0 aromatic heterocycles. The zero-order valence-corrected chi connectivity index (χ0v) is 13.2. The number of nitrogens with zero attached hydrogens (tertiary/aromatic N) is 1. The molecular formula is C12H14ClF2IN2O. The Morgan fingerprint density at radius 2 is 2.11 bits per heavy atom. The number of hydrogen-bond donors (Lipinski definition) is 1. The van der Waals surface area contributed by atoms with Gasteiger partial charge < -0.3 is 10.2 Å².